The first-order valence-electron chi connectivity index (χ1n) is 9.76. The van der Waals surface area contributed by atoms with Gasteiger partial charge < -0.3 is 14.2 Å². The Balaban J connectivity index is 0.000000252. The molecule has 146 valence electrons. The van der Waals surface area contributed by atoms with Crippen LogP contribution in [0, 0.1) is 23.2 Å². The Morgan fingerprint density at radius 2 is 1.96 bits per heavy atom. The average Bonchev–Trinajstić information content (AvgIpc) is 2.60. The molecule has 2 bridgehead atoms. The van der Waals surface area contributed by atoms with E-state index in [1.54, 1.807) is 12.7 Å². The zero-order valence-corrected chi connectivity index (χ0v) is 17.1. The van der Waals surface area contributed by atoms with E-state index in [2.05, 4.69) is 19.9 Å². The Kier molecular flexibility index (Phi) is 9.73. The van der Waals surface area contributed by atoms with Crippen molar-refractivity contribution in [1.82, 2.24) is 0 Å². The van der Waals surface area contributed by atoms with Gasteiger partial charge in [0, 0.05) is 20.3 Å². The molecule has 3 aliphatic rings. The number of methoxy groups -OCH3 is 1. The minimum Gasteiger partial charge on any atom is -0.463 e. The lowest BCUT2D eigenvalue weighted by atomic mass is 9.48. The van der Waals surface area contributed by atoms with Crippen LogP contribution in [0.2, 0.25) is 0 Å². The molecule has 2 atom stereocenters. The van der Waals surface area contributed by atoms with E-state index in [1.807, 2.05) is 20.8 Å². The van der Waals surface area contributed by atoms with Gasteiger partial charge in [-0.1, -0.05) is 46.3 Å². The summed E-state index contributed by atoms with van der Waals surface area (Å²) in [5.41, 5.74) is 2.24. The predicted molar refractivity (Wildman–Crippen MR) is 101 cm³/mol. The van der Waals surface area contributed by atoms with E-state index in [1.165, 1.54) is 12.8 Å². The second-order valence-electron chi connectivity index (χ2n) is 8.00. The van der Waals surface area contributed by atoms with E-state index in [0.29, 0.717) is 18.6 Å². The van der Waals surface area contributed by atoms with Crippen LogP contribution in [0.5, 0.6) is 0 Å². The Morgan fingerprint density at radius 1 is 1.24 bits per heavy atom. The first-order chi connectivity index (χ1) is 11.8. The van der Waals surface area contributed by atoms with Crippen molar-refractivity contribution in [1.29, 1.82) is 0 Å². The van der Waals surface area contributed by atoms with Crippen LogP contribution >= 0.6 is 0 Å². The van der Waals surface area contributed by atoms with Crippen LogP contribution in [0.3, 0.4) is 0 Å². The predicted octanol–water partition coefficient (Wildman–Crippen LogP) is 4.63. The fourth-order valence-corrected chi connectivity index (χ4v) is 3.59. The number of fused-ring (bicyclic) bond motifs is 1. The van der Waals surface area contributed by atoms with Crippen molar-refractivity contribution < 1.29 is 19.0 Å². The van der Waals surface area contributed by atoms with Gasteiger partial charge in [-0.05, 0) is 42.9 Å². The Morgan fingerprint density at radius 3 is 2.48 bits per heavy atom. The first kappa shape index (κ1) is 22.2. The molecular weight excluding hydrogens is 316 g/mol. The van der Waals surface area contributed by atoms with Crippen LogP contribution in [-0.4, -0.2) is 39.5 Å². The lowest BCUT2D eigenvalue weighted by Crippen LogP contribution is -2.48. The van der Waals surface area contributed by atoms with Crippen molar-refractivity contribution in [3.05, 3.63) is 11.6 Å². The van der Waals surface area contributed by atoms with Crippen molar-refractivity contribution in [3.63, 3.8) is 0 Å². The van der Waals surface area contributed by atoms with Crippen molar-refractivity contribution in [3.8, 4) is 0 Å². The molecule has 0 aromatic rings. The molecule has 0 aromatic heterocycles. The van der Waals surface area contributed by atoms with Crippen molar-refractivity contribution in [2.75, 3.05) is 33.5 Å². The maximum Gasteiger partial charge on any atom is 0.308 e. The third-order valence-corrected chi connectivity index (χ3v) is 5.47. The largest absolute Gasteiger partial charge is 0.463 e. The van der Waals surface area contributed by atoms with Crippen LogP contribution in [0.4, 0.5) is 0 Å². The molecule has 1 fully saturated rings. The SMILES string of the molecule is CCCOCCOC(=O)C(C)C.COCCC1=CCC2CC1C2(C)C. The van der Waals surface area contributed by atoms with Crippen LogP contribution in [-0.2, 0) is 19.0 Å². The molecule has 0 saturated heterocycles. The molecule has 0 amide bonds. The quantitative estimate of drug-likeness (QED) is 0.344. The highest BCUT2D eigenvalue weighted by atomic mass is 16.6. The average molecular weight is 355 g/mol. The van der Waals surface area contributed by atoms with Gasteiger partial charge in [-0.2, -0.15) is 0 Å². The minimum atomic E-state index is -0.157. The van der Waals surface area contributed by atoms with E-state index >= 15 is 0 Å². The Bertz CT molecular complexity index is 426. The third-order valence-electron chi connectivity index (χ3n) is 5.47. The second-order valence-corrected chi connectivity index (χ2v) is 8.00. The molecule has 0 aliphatic heterocycles. The van der Waals surface area contributed by atoms with E-state index < -0.39 is 0 Å². The molecule has 0 N–H and O–H groups in total. The van der Waals surface area contributed by atoms with Gasteiger partial charge in [-0.3, -0.25) is 4.79 Å². The highest BCUT2D eigenvalue weighted by Gasteiger charge is 2.50. The van der Waals surface area contributed by atoms with Crippen molar-refractivity contribution >= 4 is 5.97 Å². The number of hydrogen-bond donors (Lipinski definition) is 0. The summed E-state index contributed by atoms with van der Waals surface area (Å²) in [6.07, 6.45) is 7.35. The zero-order chi connectivity index (χ0) is 18.9. The standard InChI is InChI=1S/C12H20O.C9H18O3/c1-12(2)10-5-4-9(6-7-13-3)11(12)8-10;1-4-5-11-6-7-12-9(10)8(2)3/h4,10-11H,5-8H2,1-3H3;8H,4-7H2,1-3H3. The van der Waals surface area contributed by atoms with Gasteiger partial charge in [0.05, 0.1) is 12.5 Å². The van der Waals surface area contributed by atoms with E-state index in [9.17, 15) is 4.79 Å². The summed E-state index contributed by atoms with van der Waals surface area (Å²) in [6.45, 7) is 13.0. The molecule has 3 rings (SSSR count). The second kappa shape index (κ2) is 11.0. The summed E-state index contributed by atoms with van der Waals surface area (Å²) in [4.78, 5) is 10.9. The number of hydrogen-bond acceptors (Lipinski definition) is 4. The molecule has 0 spiro atoms. The molecule has 0 heterocycles. The van der Waals surface area contributed by atoms with Crippen LogP contribution in [0.15, 0.2) is 11.6 Å². The van der Waals surface area contributed by atoms with Crippen molar-refractivity contribution in [2.45, 2.75) is 60.3 Å². The summed E-state index contributed by atoms with van der Waals surface area (Å²) >= 11 is 0. The maximum absolute atomic E-state index is 10.9. The summed E-state index contributed by atoms with van der Waals surface area (Å²) in [5, 5.41) is 0. The number of esters is 1. The Hall–Kier alpha value is -0.870. The fourth-order valence-electron chi connectivity index (χ4n) is 3.59. The van der Waals surface area contributed by atoms with Crippen LogP contribution in [0.25, 0.3) is 0 Å². The lowest BCUT2D eigenvalue weighted by Gasteiger charge is -2.56. The minimum absolute atomic E-state index is 0.0452. The number of carbonyl (C=O) groups excluding carboxylic acids is 1. The molecule has 4 nitrogen and oxygen atoms in total. The topological polar surface area (TPSA) is 44.8 Å². The monoisotopic (exact) mass is 354 g/mol. The van der Waals surface area contributed by atoms with Crippen LogP contribution < -0.4 is 0 Å². The third kappa shape index (κ3) is 6.74. The number of ether oxygens (including phenoxy) is 3. The van der Waals surface area contributed by atoms with E-state index in [4.69, 9.17) is 14.2 Å². The number of carbonyl (C=O) groups is 1. The molecule has 4 heteroatoms. The summed E-state index contributed by atoms with van der Waals surface area (Å²) in [5.74, 6) is 1.62. The molecule has 2 unspecified atom stereocenters. The van der Waals surface area contributed by atoms with Gasteiger partial charge in [0.25, 0.3) is 0 Å². The zero-order valence-electron chi connectivity index (χ0n) is 17.1. The smallest absolute Gasteiger partial charge is 0.308 e. The molecule has 0 aromatic carbocycles. The Labute approximate surface area is 154 Å². The van der Waals surface area contributed by atoms with Gasteiger partial charge in [-0.15, -0.1) is 0 Å². The van der Waals surface area contributed by atoms with Crippen molar-refractivity contribution in [2.24, 2.45) is 23.2 Å². The van der Waals surface area contributed by atoms with Crippen LogP contribution in [0.1, 0.15) is 60.3 Å². The highest BCUT2D eigenvalue weighted by molar-refractivity contribution is 5.71. The lowest BCUT2D eigenvalue weighted by molar-refractivity contribution is -0.148. The van der Waals surface area contributed by atoms with E-state index in [-0.39, 0.29) is 11.9 Å². The molecule has 1 saturated carbocycles. The normalized spacial score (nSPS) is 23.2. The van der Waals surface area contributed by atoms with Gasteiger partial charge in [0.1, 0.15) is 6.61 Å². The highest BCUT2D eigenvalue weighted by Crippen LogP contribution is 2.59. The van der Waals surface area contributed by atoms with Gasteiger partial charge in [-0.25, -0.2) is 0 Å². The molecular formula is C21H38O4. The fraction of sp³-hybridized carbons (Fsp3) is 0.857. The molecule has 0 radical (unpaired) electrons. The first-order valence-corrected chi connectivity index (χ1v) is 9.76. The molecule has 25 heavy (non-hydrogen) atoms. The summed E-state index contributed by atoms with van der Waals surface area (Å²) in [7, 11) is 1.79. The van der Waals surface area contributed by atoms with E-state index in [0.717, 1.165) is 37.9 Å². The summed E-state index contributed by atoms with van der Waals surface area (Å²) in [6, 6.07) is 0. The summed E-state index contributed by atoms with van der Waals surface area (Å²) < 4.78 is 15.2. The van der Waals surface area contributed by atoms with Gasteiger partial charge >= 0.3 is 5.97 Å². The number of allylic oxidation sites excluding steroid dienone is 1. The number of rotatable bonds is 9. The maximum atomic E-state index is 10.9. The van der Waals surface area contributed by atoms with Gasteiger partial charge in [0.2, 0.25) is 0 Å². The molecule has 3 aliphatic carbocycles. The van der Waals surface area contributed by atoms with Gasteiger partial charge in [0.15, 0.2) is 0 Å².